The molecule has 106 valence electrons. The third kappa shape index (κ3) is 6.33. The first-order valence-electron chi connectivity index (χ1n) is 6.88. The number of amides is 1. The number of hydrogen-bond donors (Lipinski definition) is 1. The van der Waals surface area contributed by atoms with Crippen LogP contribution in [0.1, 0.15) is 20.3 Å². The Morgan fingerprint density at radius 2 is 2.00 bits per heavy atom. The summed E-state index contributed by atoms with van der Waals surface area (Å²) in [5.74, 6) is 0.271. The molecule has 1 saturated heterocycles. The molecule has 1 aliphatic rings. The highest BCUT2D eigenvalue weighted by Crippen LogP contribution is 1.98. The lowest BCUT2D eigenvalue weighted by molar-refractivity contribution is -0.132. The van der Waals surface area contributed by atoms with Crippen LogP contribution in [0, 0.1) is 0 Å². The normalized spacial score (nSPS) is 16.6. The Morgan fingerprint density at radius 1 is 1.33 bits per heavy atom. The number of carbonyl (C=O) groups is 1. The van der Waals surface area contributed by atoms with Gasteiger partial charge in [0.1, 0.15) is 0 Å². The van der Waals surface area contributed by atoms with E-state index >= 15 is 0 Å². The molecule has 0 aromatic heterocycles. The van der Waals surface area contributed by atoms with Crippen molar-refractivity contribution in [1.29, 1.82) is 0 Å². The molecule has 1 heterocycles. The Bertz CT molecular complexity index is 240. The van der Waals surface area contributed by atoms with Gasteiger partial charge >= 0.3 is 0 Å². The van der Waals surface area contributed by atoms with Crippen molar-refractivity contribution in [3.8, 4) is 0 Å². The van der Waals surface area contributed by atoms with Crippen LogP contribution >= 0.6 is 0 Å². The zero-order valence-electron chi connectivity index (χ0n) is 11.9. The summed E-state index contributed by atoms with van der Waals surface area (Å²) in [6.45, 7) is 10.0. The molecule has 0 aliphatic carbocycles. The van der Waals surface area contributed by atoms with Crippen molar-refractivity contribution >= 4 is 5.91 Å². The van der Waals surface area contributed by atoms with Gasteiger partial charge in [0.25, 0.3) is 0 Å². The van der Waals surface area contributed by atoms with Crippen molar-refractivity contribution in [1.82, 2.24) is 15.1 Å². The molecule has 0 saturated carbocycles. The highest BCUT2D eigenvalue weighted by atomic mass is 16.5. The average Bonchev–Trinajstić information content (AvgIpc) is 2.36. The number of nitrogens with zero attached hydrogens (tertiary/aromatic N) is 2. The van der Waals surface area contributed by atoms with Crippen molar-refractivity contribution in [3.05, 3.63) is 0 Å². The molecule has 0 spiro atoms. The van der Waals surface area contributed by atoms with Gasteiger partial charge in [-0.05, 0) is 20.9 Å². The molecular formula is C13H27N3O2. The highest BCUT2D eigenvalue weighted by molar-refractivity contribution is 5.76. The molecule has 5 heteroatoms. The molecule has 0 aromatic rings. The summed E-state index contributed by atoms with van der Waals surface area (Å²) in [6, 6.07) is 0. The maximum atomic E-state index is 11.9. The number of ether oxygens (including phenoxy) is 1. The number of piperazine rings is 1. The van der Waals surface area contributed by atoms with Crippen molar-refractivity contribution < 1.29 is 9.53 Å². The molecule has 1 aliphatic heterocycles. The van der Waals surface area contributed by atoms with Gasteiger partial charge in [-0.25, -0.2) is 0 Å². The first-order valence-corrected chi connectivity index (χ1v) is 6.88. The largest absolute Gasteiger partial charge is 0.377 e. The number of likely N-dealkylation sites (N-methyl/N-ethyl adjacent to an activating group) is 1. The minimum atomic E-state index is 0.271. The monoisotopic (exact) mass is 257 g/mol. The fourth-order valence-corrected chi connectivity index (χ4v) is 1.91. The summed E-state index contributed by atoms with van der Waals surface area (Å²) in [7, 11) is 2.04. The van der Waals surface area contributed by atoms with Crippen LogP contribution in [0.2, 0.25) is 0 Å². The first-order chi connectivity index (χ1) is 8.59. The number of nitrogens with one attached hydrogen (secondary N) is 1. The third-order valence-corrected chi connectivity index (χ3v) is 3.10. The fourth-order valence-electron chi connectivity index (χ4n) is 1.91. The van der Waals surface area contributed by atoms with Crippen molar-refractivity contribution in [2.75, 3.05) is 52.9 Å². The van der Waals surface area contributed by atoms with Gasteiger partial charge in [0.15, 0.2) is 0 Å². The second-order valence-corrected chi connectivity index (χ2v) is 5.10. The number of carbonyl (C=O) groups excluding carboxylic acids is 1. The Kier molecular flexibility index (Phi) is 7.23. The molecule has 0 unspecified atom stereocenters. The highest BCUT2D eigenvalue weighted by Gasteiger charge is 2.16. The smallest absolute Gasteiger partial charge is 0.223 e. The second-order valence-electron chi connectivity index (χ2n) is 5.10. The van der Waals surface area contributed by atoms with E-state index in [-0.39, 0.29) is 12.0 Å². The summed E-state index contributed by atoms with van der Waals surface area (Å²) in [5, 5.41) is 3.25. The lowest BCUT2D eigenvalue weighted by Gasteiger charge is -2.28. The molecule has 1 fully saturated rings. The van der Waals surface area contributed by atoms with Crippen molar-refractivity contribution in [2.45, 2.75) is 26.4 Å². The van der Waals surface area contributed by atoms with Crippen LogP contribution in [-0.4, -0.2) is 74.7 Å². The molecule has 0 radical (unpaired) electrons. The van der Waals surface area contributed by atoms with Crippen LogP contribution in [-0.2, 0) is 9.53 Å². The molecule has 1 rings (SSSR count). The Morgan fingerprint density at radius 3 is 2.61 bits per heavy atom. The quantitative estimate of drug-likeness (QED) is 0.706. The molecule has 0 aromatic carbocycles. The van der Waals surface area contributed by atoms with Gasteiger partial charge < -0.3 is 19.9 Å². The minimum Gasteiger partial charge on any atom is -0.377 e. The third-order valence-electron chi connectivity index (χ3n) is 3.10. The molecular weight excluding hydrogens is 230 g/mol. The Labute approximate surface area is 110 Å². The van der Waals surface area contributed by atoms with E-state index in [1.54, 1.807) is 0 Å². The van der Waals surface area contributed by atoms with Crippen molar-refractivity contribution in [2.24, 2.45) is 0 Å². The van der Waals surface area contributed by atoms with E-state index in [1.165, 1.54) is 0 Å². The van der Waals surface area contributed by atoms with Crippen LogP contribution in [0.4, 0.5) is 0 Å². The van der Waals surface area contributed by atoms with Gasteiger partial charge in [0, 0.05) is 45.7 Å². The van der Waals surface area contributed by atoms with Crippen LogP contribution in [0.25, 0.3) is 0 Å². The van der Waals surface area contributed by atoms with Gasteiger partial charge in [-0.1, -0.05) is 0 Å². The maximum Gasteiger partial charge on any atom is 0.223 e. The van der Waals surface area contributed by atoms with Crippen LogP contribution in [0.5, 0.6) is 0 Å². The number of rotatable bonds is 7. The van der Waals surface area contributed by atoms with Gasteiger partial charge in [0.05, 0.1) is 12.7 Å². The van der Waals surface area contributed by atoms with E-state index < -0.39 is 0 Å². The molecule has 5 nitrogen and oxygen atoms in total. The van der Waals surface area contributed by atoms with Crippen molar-refractivity contribution in [3.63, 3.8) is 0 Å². The number of hydrogen-bond acceptors (Lipinski definition) is 4. The van der Waals surface area contributed by atoms with Crippen LogP contribution in [0.3, 0.4) is 0 Å². The molecule has 1 N–H and O–H groups in total. The predicted molar refractivity (Wildman–Crippen MR) is 72.7 cm³/mol. The summed E-state index contributed by atoms with van der Waals surface area (Å²) in [5.41, 5.74) is 0. The summed E-state index contributed by atoms with van der Waals surface area (Å²) < 4.78 is 5.49. The second kappa shape index (κ2) is 8.45. The first kappa shape index (κ1) is 15.4. The van der Waals surface area contributed by atoms with Gasteiger partial charge in [-0.3, -0.25) is 4.79 Å². The van der Waals surface area contributed by atoms with E-state index in [1.807, 2.05) is 25.8 Å². The summed E-state index contributed by atoms with van der Waals surface area (Å²) in [4.78, 5) is 16.0. The summed E-state index contributed by atoms with van der Waals surface area (Å²) in [6.07, 6.45) is 0.888. The van der Waals surface area contributed by atoms with E-state index in [0.29, 0.717) is 6.42 Å². The summed E-state index contributed by atoms with van der Waals surface area (Å²) >= 11 is 0. The van der Waals surface area contributed by atoms with Gasteiger partial charge in [-0.2, -0.15) is 0 Å². The SMILES string of the molecule is CC(C)OCCN(C)CCC(=O)N1CCNCC1. The van der Waals surface area contributed by atoms with Crippen LogP contribution < -0.4 is 5.32 Å². The lowest BCUT2D eigenvalue weighted by atomic mass is 10.3. The predicted octanol–water partition coefficient (Wildman–Crippen LogP) is 0.165. The topological polar surface area (TPSA) is 44.8 Å². The van der Waals surface area contributed by atoms with Gasteiger partial charge in [0.2, 0.25) is 5.91 Å². The van der Waals surface area contributed by atoms with Crippen LogP contribution in [0.15, 0.2) is 0 Å². The zero-order chi connectivity index (χ0) is 13.4. The molecule has 0 atom stereocenters. The zero-order valence-corrected chi connectivity index (χ0v) is 11.9. The minimum absolute atomic E-state index is 0.271. The molecule has 1 amide bonds. The fraction of sp³-hybridized carbons (Fsp3) is 0.923. The standard InChI is InChI=1S/C13H27N3O2/c1-12(2)18-11-10-15(3)7-4-13(17)16-8-5-14-6-9-16/h12,14H,4-11H2,1-3H3. The molecule has 18 heavy (non-hydrogen) atoms. The maximum absolute atomic E-state index is 11.9. The Hall–Kier alpha value is -0.650. The lowest BCUT2D eigenvalue weighted by Crippen LogP contribution is -2.47. The van der Waals surface area contributed by atoms with Gasteiger partial charge in [-0.15, -0.1) is 0 Å². The van der Waals surface area contributed by atoms with E-state index in [2.05, 4.69) is 10.2 Å². The average molecular weight is 257 g/mol. The van der Waals surface area contributed by atoms with E-state index in [0.717, 1.165) is 45.9 Å². The van der Waals surface area contributed by atoms with E-state index in [9.17, 15) is 4.79 Å². The van der Waals surface area contributed by atoms with E-state index in [4.69, 9.17) is 4.74 Å². The Balaban J connectivity index is 2.09. The molecule has 0 bridgehead atoms.